The normalized spacial score (nSPS) is 25.5. The Morgan fingerprint density at radius 1 is 1.12 bits per heavy atom. The molecule has 4 saturated heterocycles. The third kappa shape index (κ3) is 5.80. The molecule has 1 aliphatic carbocycles. The van der Waals surface area contributed by atoms with Crippen LogP contribution in [-0.2, 0) is 4.74 Å². The van der Waals surface area contributed by atoms with Crippen molar-refractivity contribution in [2.75, 3.05) is 44.3 Å². The highest BCUT2D eigenvalue weighted by atomic mass is 32.2. The average Bonchev–Trinajstić information content (AvgIpc) is 3.33. The number of benzene rings is 3. The number of nitrogens with zero attached hydrogens (tertiary/aromatic N) is 4. The van der Waals surface area contributed by atoms with E-state index < -0.39 is 23.1 Å². The van der Waals surface area contributed by atoms with E-state index in [4.69, 9.17) is 20.9 Å². The SMILES string of the molecule is C#Cc1cccc2cc(O)cc(-c3c(SC(F)(F)F)cc4c(N5CC6CCC(C5)N6)nc(OCC5(CN6C[C@@H]7C[C@H]6CO7)CC5)nc4c3F)c12. The highest BCUT2D eigenvalue weighted by molar-refractivity contribution is 8.00. The molecule has 50 heavy (non-hydrogen) atoms. The van der Waals surface area contributed by atoms with Crippen LogP contribution in [0, 0.1) is 23.6 Å². The number of hydrogen-bond donors (Lipinski definition) is 2. The largest absolute Gasteiger partial charge is 0.508 e. The van der Waals surface area contributed by atoms with Crippen molar-refractivity contribution in [1.29, 1.82) is 0 Å². The van der Waals surface area contributed by atoms with Crippen LogP contribution < -0.4 is 15.0 Å². The van der Waals surface area contributed by atoms with Crippen molar-refractivity contribution in [1.82, 2.24) is 20.2 Å². The highest BCUT2D eigenvalue weighted by Crippen LogP contribution is 2.50. The Hall–Kier alpha value is -3.83. The number of hydrogen-bond acceptors (Lipinski definition) is 9. The number of halogens is 4. The molecule has 1 aromatic heterocycles. The number of alkyl halides is 3. The Bertz CT molecular complexity index is 2060. The zero-order valence-corrected chi connectivity index (χ0v) is 27.9. The third-order valence-electron chi connectivity index (χ3n) is 11.0. The number of likely N-dealkylation sites (tertiary alicyclic amines) is 1. The molecule has 1 saturated carbocycles. The molecular formula is C37H35F4N5O3S. The molecule has 260 valence electrons. The maximum absolute atomic E-state index is 17.3. The summed E-state index contributed by atoms with van der Waals surface area (Å²) in [6.45, 7) is 4.01. The van der Waals surface area contributed by atoms with Gasteiger partial charge in [-0.25, -0.2) is 4.39 Å². The molecule has 4 aromatic rings. The summed E-state index contributed by atoms with van der Waals surface area (Å²) in [6, 6.07) is 9.81. The predicted molar refractivity (Wildman–Crippen MR) is 183 cm³/mol. The number of ether oxygens (including phenoxy) is 2. The number of phenols is 1. The molecule has 3 aromatic carbocycles. The first-order valence-corrected chi connectivity index (χ1v) is 17.9. The molecule has 9 rings (SSSR count). The van der Waals surface area contributed by atoms with Gasteiger partial charge in [-0.05, 0) is 79.1 Å². The van der Waals surface area contributed by atoms with E-state index in [1.807, 2.05) is 4.90 Å². The second-order valence-corrected chi connectivity index (χ2v) is 15.6. The monoisotopic (exact) mass is 705 g/mol. The lowest BCUT2D eigenvalue weighted by Gasteiger charge is -2.34. The summed E-state index contributed by atoms with van der Waals surface area (Å²) in [5.41, 5.74) is -4.90. The van der Waals surface area contributed by atoms with Gasteiger partial charge in [0.25, 0.3) is 0 Å². The standard InChI is InChI=1S/C37H35F4N5O3S/c1-2-20-4-3-5-21-10-25(47)12-27(30(20)21)31-29(50-37(39,40)41)13-28-33(32(31)38)43-35(44-34(28)45-14-22-6-7-23(15-45)42-22)49-19-36(8-9-36)18-46-16-26-11-24(46)17-48-26/h1,3-5,10,12-13,22-24,26,42,47H,6-9,11,14-19H2/t22?,23?,24-,26-/m0/s1. The molecule has 2 N–H and O–H groups in total. The zero-order valence-electron chi connectivity index (χ0n) is 27.1. The number of piperazine rings is 1. The first-order chi connectivity index (χ1) is 24.0. The molecule has 4 atom stereocenters. The first-order valence-electron chi connectivity index (χ1n) is 17.1. The summed E-state index contributed by atoms with van der Waals surface area (Å²) >= 11 is -0.411. The molecule has 8 nitrogen and oxygen atoms in total. The fourth-order valence-electron chi connectivity index (χ4n) is 8.47. The molecule has 4 aliphatic heterocycles. The van der Waals surface area contributed by atoms with Gasteiger partial charge >= 0.3 is 11.5 Å². The van der Waals surface area contributed by atoms with E-state index in [0.717, 1.165) is 51.8 Å². The Morgan fingerprint density at radius 3 is 2.60 bits per heavy atom. The molecule has 5 fully saturated rings. The molecule has 0 radical (unpaired) electrons. The van der Waals surface area contributed by atoms with E-state index in [1.165, 1.54) is 18.2 Å². The van der Waals surface area contributed by atoms with Gasteiger partial charge in [0.2, 0.25) is 0 Å². The molecule has 4 bridgehead atoms. The number of nitrogens with one attached hydrogen (secondary N) is 1. The lowest BCUT2D eigenvalue weighted by Crippen LogP contribution is -2.51. The summed E-state index contributed by atoms with van der Waals surface area (Å²) in [5.74, 6) is 1.72. The van der Waals surface area contributed by atoms with Crippen molar-refractivity contribution < 1.29 is 32.1 Å². The minimum atomic E-state index is -4.74. The summed E-state index contributed by atoms with van der Waals surface area (Å²) in [4.78, 5) is 13.5. The van der Waals surface area contributed by atoms with Gasteiger partial charge in [-0.3, -0.25) is 4.90 Å². The first kappa shape index (κ1) is 32.1. The van der Waals surface area contributed by atoms with Gasteiger partial charge in [0.05, 0.1) is 19.3 Å². The smallest absolute Gasteiger partial charge is 0.446 e. The number of anilines is 1. The number of aromatic hydroxyl groups is 1. The number of thioether (sulfide) groups is 1. The average molecular weight is 706 g/mol. The van der Waals surface area contributed by atoms with E-state index in [-0.39, 0.29) is 62.3 Å². The van der Waals surface area contributed by atoms with Crippen LogP contribution in [0.5, 0.6) is 11.8 Å². The number of aromatic nitrogens is 2. The summed E-state index contributed by atoms with van der Waals surface area (Å²) in [6.07, 6.45) is 11.1. The van der Waals surface area contributed by atoms with Gasteiger partial charge in [-0.1, -0.05) is 18.1 Å². The molecule has 0 amide bonds. The Morgan fingerprint density at radius 2 is 1.92 bits per heavy atom. The topological polar surface area (TPSA) is 83.0 Å². The van der Waals surface area contributed by atoms with Crippen molar-refractivity contribution >= 4 is 39.3 Å². The molecule has 13 heteroatoms. The maximum atomic E-state index is 17.3. The Balaban J connectivity index is 1.19. The fraction of sp³-hybridized carbons (Fsp3) is 0.459. The minimum Gasteiger partial charge on any atom is -0.508 e. The number of rotatable bonds is 8. The molecule has 5 aliphatic rings. The van der Waals surface area contributed by atoms with Crippen molar-refractivity contribution in [3.63, 3.8) is 0 Å². The summed E-state index contributed by atoms with van der Waals surface area (Å²) < 4.78 is 72.1. The van der Waals surface area contributed by atoms with Crippen molar-refractivity contribution in [2.24, 2.45) is 5.41 Å². The summed E-state index contributed by atoms with van der Waals surface area (Å²) in [7, 11) is 0. The van der Waals surface area contributed by atoms with Crippen LogP contribution in [0.15, 0.2) is 41.3 Å². The second kappa shape index (κ2) is 11.9. The third-order valence-corrected chi connectivity index (χ3v) is 11.8. The van der Waals surface area contributed by atoms with Crippen molar-refractivity contribution in [3.05, 3.63) is 47.8 Å². The number of morpholine rings is 1. The van der Waals surface area contributed by atoms with E-state index in [9.17, 15) is 18.3 Å². The second-order valence-electron chi connectivity index (χ2n) is 14.5. The van der Waals surface area contributed by atoms with Crippen LogP contribution in [-0.4, -0.2) is 89.1 Å². The highest BCUT2D eigenvalue weighted by Gasteiger charge is 2.49. The Kier molecular flexibility index (Phi) is 7.62. The molecule has 0 spiro atoms. The molecule has 2 unspecified atom stereocenters. The predicted octanol–water partition coefficient (Wildman–Crippen LogP) is 6.46. The van der Waals surface area contributed by atoms with Gasteiger partial charge in [-0.15, -0.1) is 6.42 Å². The minimum absolute atomic E-state index is 0.0120. The Labute approximate surface area is 290 Å². The quantitative estimate of drug-likeness (QED) is 0.122. The van der Waals surface area contributed by atoms with Gasteiger partial charge < -0.3 is 24.8 Å². The van der Waals surface area contributed by atoms with E-state index in [2.05, 4.69) is 21.1 Å². The maximum Gasteiger partial charge on any atom is 0.446 e. The number of fused-ring (bicyclic) bond motifs is 6. The van der Waals surface area contributed by atoms with Gasteiger partial charge in [0.15, 0.2) is 5.82 Å². The van der Waals surface area contributed by atoms with Gasteiger partial charge in [0, 0.05) is 76.5 Å². The van der Waals surface area contributed by atoms with Crippen LogP contribution in [0.1, 0.15) is 37.7 Å². The lowest BCUT2D eigenvalue weighted by atomic mass is 9.93. The van der Waals surface area contributed by atoms with E-state index in [1.54, 1.807) is 18.2 Å². The van der Waals surface area contributed by atoms with Crippen molar-refractivity contribution in [3.8, 4) is 35.2 Å². The van der Waals surface area contributed by atoms with Crippen LogP contribution in [0.2, 0.25) is 0 Å². The van der Waals surface area contributed by atoms with Gasteiger partial charge in [-0.2, -0.15) is 23.1 Å². The van der Waals surface area contributed by atoms with Gasteiger partial charge in [0.1, 0.15) is 17.1 Å². The summed E-state index contributed by atoms with van der Waals surface area (Å²) in [5, 5.41) is 15.3. The van der Waals surface area contributed by atoms with E-state index in [0.29, 0.717) is 47.9 Å². The fourth-order valence-corrected chi connectivity index (χ4v) is 9.20. The zero-order chi connectivity index (χ0) is 34.4. The number of phenolic OH excluding ortho intramolecular Hbond substituents is 1. The van der Waals surface area contributed by atoms with Crippen LogP contribution in [0.4, 0.5) is 23.4 Å². The number of terminal acetylenes is 1. The molecule has 5 heterocycles. The lowest BCUT2D eigenvalue weighted by molar-refractivity contribution is -0.0328. The van der Waals surface area contributed by atoms with E-state index >= 15 is 4.39 Å². The van der Waals surface area contributed by atoms with Crippen LogP contribution >= 0.6 is 11.8 Å². The van der Waals surface area contributed by atoms with Crippen LogP contribution in [0.25, 0.3) is 32.8 Å². The van der Waals surface area contributed by atoms with Crippen LogP contribution in [0.3, 0.4) is 0 Å². The van der Waals surface area contributed by atoms with Crippen molar-refractivity contribution in [2.45, 2.75) is 66.7 Å². The molecular weight excluding hydrogens is 670 g/mol.